The van der Waals surface area contributed by atoms with Crippen LogP contribution in [0.15, 0.2) is 11.0 Å². The van der Waals surface area contributed by atoms with Crippen LogP contribution in [-0.2, 0) is 35.7 Å². The third kappa shape index (κ3) is 3.30. The highest BCUT2D eigenvalue weighted by Crippen LogP contribution is 2.46. The van der Waals surface area contributed by atoms with Crippen LogP contribution in [-0.4, -0.2) is 32.9 Å². The van der Waals surface area contributed by atoms with Crippen molar-refractivity contribution in [3.63, 3.8) is 0 Å². The van der Waals surface area contributed by atoms with E-state index >= 15 is 0 Å². The molecule has 0 spiro atoms. The standard InChI is InChI=1S/C20H23F2N5O3S/c21-18(22)13-6-5-11-9-10-3-1-4-12(10)15(14(11)13)25-19(28)16-17(31(23,24)29)20-27(26-16)7-2-8-30-20/h9,13,18H,1-8H2,(H,25,28)(H3,23,24,29)/t13-/m1/s1. The zero-order valence-electron chi connectivity index (χ0n) is 16.7. The summed E-state index contributed by atoms with van der Waals surface area (Å²) in [5.41, 5.74) is 3.45. The number of amides is 1. The van der Waals surface area contributed by atoms with Crippen molar-refractivity contribution in [3.05, 3.63) is 34.0 Å². The van der Waals surface area contributed by atoms with Gasteiger partial charge in [0, 0.05) is 24.6 Å². The second-order valence-corrected chi connectivity index (χ2v) is 9.87. The van der Waals surface area contributed by atoms with Crippen LogP contribution in [0.2, 0.25) is 0 Å². The van der Waals surface area contributed by atoms with E-state index < -0.39 is 28.2 Å². The van der Waals surface area contributed by atoms with Crippen molar-refractivity contribution < 1.29 is 22.5 Å². The number of hydrogen-bond donors (Lipinski definition) is 3. The first kappa shape index (κ1) is 20.4. The molecule has 0 bridgehead atoms. The lowest BCUT2D eigenvalue weighted by Gasteiger charge is -2.20. The summed E-state index contributed by atoms with van der Waals surface area (Å²) in [7, 11) is -3.81. The van der Waals surface area contributed by atoms with Gasteiger partial charge in [0.1, 0.15) is 9.92 Å². The molecule has 1 amide bonds. The van der Waals surface area contributed by atoms with Crippen LogP contribution < -0.4 is 15.2 Å². The lowest BCUT2D eigenvalue weighted by Crippen LogP contribution is -2.21. The molecule has 1 aromatic carbocycles. The number of nitrogens with one attached hydrogen (secondary N) is 2. The van der Waals surface area contributed by atoms with Crippen molar-refractivity contribution in [1.29, 1.82) is 4.78 Å². The van der Waals surface area contributed by atoms with Crippen molar-refractivity contribution in [1.82, 2.24) is 9.78 Å². The van der Waals surface area contributed by atoms with Gasteiger partial charge in [0.2, 0.25) is 12.3 Å². The van der Waals surface area contributed by atoms with E-state index in [0.29, 0.717) is 50.1 Å². The van der Waals surface area contributed by atoms with E-state index in [1.165, 1.54) is 4.68 Å². The molecule has 1 aromatic heterocycles. The lowest BCUT2D eigenvalue weighted by molar-refractivity contribution is 0.101. The van der Waals surface area contributed by atoms with Gasteiger partial charge >= 0.3 is 0 Å². The summed E-state index contributed by atoms with van der Waals surface area (Å²) in [6.45, 7) is 0.778. The average Bonchev–Trinajstić information content (AvgIpc) is 3.42. The maximum absolute atomic E-state index is 13.8. The van der Waals surface area contributed by atoms with Gasteiger partial charge in [-0.2, -0.15) is 5.10 Å². The Morgan fingerprint density at radius 3 is 2.87 bits per heavy atom. The van der Waals surface area contributed by atoms with Crippen LogP contribution in [0.1, 0.15) is 57.9 Å². The topological polar surface area (TPSA) is 123 Å². The third-order valence-corrected chi connectivity index (χ3v) is 7.27. The van der Waals surface area contributed by atoms with Gasteiger partial charge in [0.25, 0.3) is 5.91 Å². The minimum Gasteiger partial charge on any atom is -0.477 e. The smallest absolute Gasteiger partial charge is 0.277 e. The predicted octanol–water partition coefficient (Wildman–Crippen LogP) is 2.98. The fourth-order valence-electron chi connectivity index (χ4n) is 5.00. The Hall–Kier alpha value is -2.53. The first-order chi connectivity index (χ1) is 14.8. The zero-order valence-corrected chi connectivity index (χ0v) is 17.6. The number of rotatable bonds is 4. The molecule has 2 aliphatic carbocycles. The lowest BCUT2D eigenvalue weighted by atomic mass is 9.94. The molecule has 8 nitrogen and oxygen atoms in total. The maximum Gasteiger partial charge on any atom is 0.277 e. The van der Waals surface area contributed by atoms with Crippen LogP contribution in [0.3, 0.4) is 0 Å². The quantitative estimate of drug-likeness (QED) is 0.661. The minimum atomic E-state index is -3.81. The second-order valence-electron chi connectivity index (χ2n) is 8.26. The number of aryl methyl sites for hydroxylation is 3. The number of ether oxygens (including phenoxy) is 1. The Morgan fingerprint density at radius 1 is 1.32 bits per heavy atom. The zero-order chi connectivity index (χ0) is 21.9. The summed E-state index contributed by atoms with van der Waals surface area (Å²) in [6, 6.07) is 2.00. The number of carbonyl (C=O) groups is 1. The first-order valence-corrected chi connectivity index (χ1v) is 11.9. The van der Waals surface area contributed by atoms with Gasteiger partial charge in [0.15, 0.2) is 10.6 Å². The first-order valence-electron chi connectivity index (χ1n) is 10.3. The van der Waals surface area contributed by atoms with E-state index in [2.05, 4.69) is 10.4 Å². The van der Waals surface area contributed by atoms with E-state index in [-0.39, 0.29) is 16.5 Å². The molecule has 11 heteroatoms. The van der Waals surface area contributed by atoms with Crippen LogP contribution >= 0.6 is 0 Å². The van der Waals surface area contributed by atoms with E-state index in [4.69, 9.17) is 14.7 Å². The van der Waals surface area contributed by atoms with Gasteiger partial charge in [-0.15, -0.1) is 0 Å². The number of nitrogens with two attached hydrogens (primary N) is 1. The Bertz CT molecular complexity index is 1190. The normalized spacial score (nSPS) is 21.2. The molecular weight excluding hydrogens is 428 g/mol. The summed E-state index contributed by atoms with van der Waals surface area (Å²) in [6.07, 6.45) is 1.41. The van der Waals surface area contributed by atoms with E-state index in [0.717, 1.165) is 29.5 Å². The second kappa shape index (κ2) is 7.27. The molecule has 2 aromatic rings. The molecule has 31 heavy (non-hydrogen) atoms. The van der Waals surface area contributed by atoms with Gasteiger partial charge in [0.05, 0.1) is 6.61 Å². The van der Waals surface area contributed by atoms with Crippen molar-refractivity contribution in [2.24, 2.45) is 5.14 Å². The molecule has 1 aliphatic heterocycles. The summed E-state index contributed by atoms with van der Waals surface area (Å²) in [5, 5.41) is 12.6. The minimum absolute atomic E-state index is 0.0628. The average molecular weight is 451 g/mol. The van der Waals surface area contributed by atoms with E-state index in [1.54, 1.807) is 0 Å². The van der Waals surface area contributed by atoms with Crippen molar-refractivity contribution >= 4 is 21.5 Å². The molecule has 0 fully saturated rings. The molecule has 3 aliphatic rings. The number of hydrogen-bond acceptors (Lipinski definition) is 5. The highest BCUT2D eigenvalue weighted by molar-refractivity contribution is 7.90. The number of carbonyl (C=O) groups excluding carboxylic acids is 1. The number of nitrogens with zero attached hydrogens (tertiary/aromatic N) is 2. The van der Waals surface area contributed by atoms with E-state index in [1.807, 2.05) is 6.07 Å². The highest BCUT2D eigenvalue weighted by Gasteiger charge is 2.37. The number of halogens is 2. The molecule has 1 unspecified atom stereocenters. The van der Waals surface area contributed by atoms with Crippen molar-refractivity contribution in [2.45, 2.75) is 62.3 Å². The molecule has 4 N–H and O–H groups in total. The Kier molecular flexibility index (Phi) is 4.78. The summed E-state index contributed by atoms with van der Waals surface area (Å²) < 4.78 is 54.7. The molecule has 166 valence electrons. The molecule has 0 radical (unpaired) electrons. The maximum atomic E-state index is 13.8. The van der Waals surface area contributed by atoms with Crippen LogP contribution in [0.25, 0.3) is 0 Å². The Labute approximate surface area is 178 Å². The van der Waals surface area contributed by atoms with Gasteiger partial charge in [-0.25, -0.2) is 27.6 Å². The third-order valence-electron chi connectivity index (χ3n) is 6.30. The molecule has 2 heterocycles. The summed E-state index contributed by atoms with van der Waals surface area (Å²) >= 11 is 0. The summed E-state index contributed by atoms with van der Waals surface area (Å²) in [4.78, 5) is 13.0. The Balaban J connectivity index is 1.61. The molecule has 0 saturated heterocycles. The molecular formula is C20H23F2N5O3S. The SMILES string of the molecule is N=S(N)(=O)c1c(C(=O)Nc2c3c(cc4c2[C@H](C(F)F)CC4)CCC3)nn2c1OCCC2. The van der Waals surface area contributed by atoms with Gasteiger partial charge in [-0.3, -0.25) is 4.79 Å². The molecule has 5 rings (SSSR count). The largest absolute Gasteiger partial charge is 0.477 e. The number of aromatic nitrogens is 2. The monoisotopic (exact) mass is 451 g/mol. The summed E-state index contributed by atoms with van der Waals surface area (Å²) in [5.74, 6) is -1.59. The van der Waals surface area contributed by atoms with Gasteiger partial charge in [-0.1, -0.05) is 6.07 Å². The number of benzene rings is 1. The number of alkyl halides is 2. The predicted molar refractivity (Wildman–Crippen MR) is 109 cm³/mol. The number of fused-ring (bicyclic) bond motifs is 3. The van der Waals surface area contributed by atoms with Gasteiger partial charge in [-0.05, 0) is 54.4 Å². The van der Waals surface area contributed by atoms with Gasteiger partial charge < -0.3 is 10.1 Å². The highest BCUT2D eigenvalue weighted by atomic mass is 32.2. The van der Waals surface area contributed by atoms with Crippen molar-refractivity contribution in [2.75, 3.05) is 11.9 Å². The fourth-order valence-corrected chi connectivity index (χ4v) is 5.85. The van der Waals surface area contributed by atoms with Crippen molar-refractivity contribution in [3.8, 4) is 5.88 Å². The molecule has 0 saturated carbocycles. The Morgan fingerprint density at radius 2 is 2.13 bits per heavy atom. The van der Waals surface area contributed by atoms with Crippen LogP contribution in [0.5, 0.6) is 5.88 Å². The van der Waals surface area contributed by atoms with Crippen LogP contribution in [0.4, 0.5) is 14.5 Å². The number of anilines is 1. The fraction of sp³-hybridized carbons (Fsp3) is 0.500. The van der Waals surface area contributed by atoms with E-state index in [9.17, 15) is 17.8 Å². The molecule has 2 atom stereocenters. The van der Waals surface area contributed by atoms with Crippen LogP contribution in [0, 0.1) is 4.78 Å².